The second-order valence-electron chi connectivity index (χ2n) is 7.93. The van der Waals surface area contributed by atoms with Crippen LogP contribution in [-0.2, 0) is 11.8 Å². The Balaban J connectivity index is 2.05. The summed E-state index contributed by atoms with van der Waals surface area (Å²) < 4.78 is 0. The van der Waals surface area contributed by atoms with Crippen LogP contribution >= 0.6 is 0 Å². The van der Waals surface area contributed by atoms with E-state index < -0.39 is 5.41 Å². The molecule has 3 heteroatoms. The largest absolute Gasteiger partial charge is 0.508 e. The summed E-state index contributed by atoms with van der Waals surface area (Å²) in [5.74, 6) is 0.517. The first-order valence-corrected chi connectivity index (χ1v) is 10.0. The second kappa shape index (κ2) is 6.67. The van der Waals surface area contributed by atoms with Gasteiger partial charge < -0.3 is 15.3 Å². The fraction of sp³-hybridized carbons (Fsp3) is 0.111. The lowest BCUT2D eigenvalue weighted by Gasteiger charge is -2.43. The zero-order valence-electron chi connectivity index (χ0n) is 16.6. The van der Waals surface area contributed by atoms with E-state index in [0.29, 0.717) is 17.5 Å². The van der Waals surface area contributed by atoms with Crippen molar-refractivity contribution in [2.75, 3.05) is 0 Å². The van der Waals surface area contributed by atoms with Crippen LogP contribution < -0.4 is 0 Å². The maximum absolute atomic E-state index is 11.0. The summed E-state index contributed by atoms with van der Waals surface area (Å²) in [6.07, 6.45) is 0.584. The molecule has 0 spiro atoms. The monoisotopic (exact) mass is 394 g/mol. The smallest absolute Gasteiger partial charge is 0.120 e. The number of aryl methyl sites for hydroxylation is 1. The van der Waals surface area contributed by atoms with Crippen LogP contribution in [0.25, 0.3) is 0 Å². The van der Waals surface area contributed by atoms with Crippen molar-refractivity contribution in [3.63, 3.8) is 0 Å². The van der Waals surface area contributed by atoms with Crippen LogP contribution in [0.1, 0.15) is 38.9 Å². The van der Waals surface area contributed by atoms with Gasteiger partial charge >= 0.3 is 0 Å². The van der Waals surface area contributed by atoms with Crippen LogP contribution in [0.4, 0.5) is 0 Å². The van der Waals surface area contributed by atoms with Crippen molar-refractivity contribution in [1.82, 2.24) is 0 Å². The third-order valence-electron chi connectivity index (χ3n) is 6.18. The Bertz CT molecular complexity index is 1210. The van der Waals surface area contributed by atoms with Crippen LogP contribution in [0, 0.1) is 6.92 Å². The van der Waals surface area contributed by atoms with Crippen molar-refractivity contribution in [3.8, 4) is 17.2 Å². The van der Waals surface area contributed by atoms with Crippen molar-refractivity contribution >= 4 is 0 Å². The minimum atomic E-state index is -0.968. The Morgan fingerprint density at radius 1 is 0.600 bits per heavy atom. The molecule has 0 unspecified atom stereocenters. The molecule has 0 bridgehead atoms. The van der Waals surface area contributed by atoms with Gasteiger partial charge in [0.15, 0.2) is 0 Å². The van der Waals surface area contributed by atoms with Gasteiger partial charge in [-0.25, -0.2) is 0 Å². The Morgan fingerprint density at radius 3 is 1.73 bits per heavy atom. The van der Waals surface area contributed by atoms with E-state index >= 15 is 0 Å². The van der Waals surface area contributed by atoms with Gasteiger partial charge in [-0.1, -0.05) is 66.7 Å². The van der Waals surface area contributed by atoms with Gasteiger partial charge in [0.2, 0.25) is 0 Å². The van der Waals surface area contributed by atoms with E-state index in [-0.39, 0.29) is 17.2 Å². The van der Waals surface area contributed by atoms with Gasteiger partial charge in [-0.3, -0.25) is 0 Å². The Hall–Kier alpha value is -3.72. The molecule has 1 aliphatic carbocycles. The minimum absolute atomic E-state index is 0.143. The van der Waals surface area contributed by atoms with Crippen molar-refractivity contribution in [2.24, 2.45) is 0 Å². The molecular formula is C27H22O3. The van der Waals surface area contributed by atoms with Crippen LogP contribution in [-0.4, -0.2) is 15.3 Å². The molecule has 4 aromatic rings. The van der Waals surface area contributed by atoms with Gasteiger partial charge in [0.25, 0.3) is 0 Å². The van der Waals surface area contributed by atoms with Gasteiger partial charge in [0.1, 0.15) is 17.2 Å². The van der Waals surface area contributed by atoms with E-state index in [1.54, 1.807) is 30.3 Å². The van der Waals surface area contributed by atoms with Gasteiger partial charge in [-0.2, -0.15) is 0 Å². The summed E-state index contributed by atoms with van der Waals surface area (Å²) in [6.45, 7) is 1.95. The highest BCUT2D eigenvalue weighted by atomic mass is 16.3. The number of fused-ring (bicyclic) bond motifs is 2. The minimum Gasteiger partial charge on any atom is -0.508 e. The molecule has 3 N–H and O–H groups in total. The summed E-state index contributed by atoms with van der Waals surface area (Å²) in [6, 6.07) is 26.4. The molecule has 0 radical (unpaired) electrons. The van der Waals surface area contributed by atoms with Gasteiger partial charge in [-0.05, 0) is 47.4 Å². The van der Waals surface area contributed by atoms with E-state index in [9.17, 15) is 15.3 Å². The number of rotatable bonds is 2. The van der Waals surface area contributed by atoms with Crippen LogP contribution in [0.15, 0.2) is 84.9 Å². The average molecular weight is 394 g/mol. The van der Waals surface area contributed by atoms with Gasteiger partial charge in [-0.15, -0.1) is 0 Å². The third kappa shape index (κ3) is 2.45. The number of hydrogen-bond donors (Lipinski definition) is 3. The molecular weight excluding hydrogens is 372 g/mol. The number of para-hydroxylation sites is 2. The molecule has 0 fully saturated rings. The SMILES string of the molecule is Cc1cc(O)c2c(c1)C(c1ccccc1O)(c1ccccc1O)c1ccccc1C2. The number of aromatic hydroxyl groups is 3. The highest BCUT2D eigenvalue weighted by Crippen LogP contribution is 2.56. The molecule has 0 aliphatic heterocycles. The molecule has 0 saturated carbocycles. The lowest BCUT2D eigenvalue weighted by atomic mass is 9.59. The zero-order valence-corrected chi connectivity index (χ0v) is 16.6. The number of benzene rings is 4. The first-order valence-electron chi connectivity index (χ1n) is 10.0. The van der Waals surface area contributed by atoms with Crippen LogP contribution in [0.3, 0.4) is 0 Å². The number of phenols is 3. The van der Waals surface area contributed by atoms with E-state index in [4.69, 9.17) is 0 Å². The first-order chi connectivity index (χ1) is 14.5. The van der Waals surface area contributed by atoms with Gasteiger partial charge in [0.05, 0.1) is 5.41 Å². The molecule has 148 valence electrons. The molecule has 4 aromatic carbocycles. The molecule has 3 nitrogen and oxygen atoms in total. The molecule has 0 atom stereocenters. The molecule has 5 rings (SSSR count). The topological polar surface area (TPSA) is 60.7 Å². The van der Waals surface area contributed by atoms with Crippen LogP contribution in [0.2, 0.25) is 0 Å². The quantitative estimate of drug-likeness (QED) is 0.376. The van der Waals surface area contributed by atoms with E-state index in [0.717, 1.165) is 27.8 Å². The Morgan fingerprint density at radius 2 is 1.13 bits per heavy atom. The number of phenolic OH excluding ortho intramolecular Hbond substituents is 3. The normalized spacial score (nSPS) is 14.0. The van der Waals surface area contributed by atoms with Crippen molar-refractivity contribution in [2.45, 2.75) is 18.8 Å². The molecule has 30 heavy (non-hydrogen) atoms. The van der Waals surface area contributed by atoms with Crippen molar-refractivity contribution in [1.29, 1.82) is 0 Å². The molecule has 0 amide bonds. The average Bonchev–Trinajstić information content (AvgIpc) is 2.74. The summed E-state index contributed by atoms with van der Waals surface area (Å²) in [5, 5.41) is 33.0. The standard InChI is InChI=1S/C27H22O3/c1-17-14-23-19(26(30)15-17)16-18-8-2-3-9-20(18)27(23,21-10-4-6-12-24(21)28)22-11-5-7-13-25(22)29/h2-15,28-30H,16H2,1H3. The van der Waals surface area contributed by atoms with Gasteiger partial charge in [0, 0.05) is 23.1 Å². The van der Waals surface area contributed by atoms with Crippen LogP contribution in [0.5, 0.6) is 17.2 Å². The molecule has 0 heterocycles. The first kappa shape index (κ1) is 18.3. The summed E-state index contributed by atoms with van der Waals surface area (Å²) in [4.78, 5) is 0. The fourth-order valence-corrected chi connectivity index (χ4v) is 5.00. The lowest BCUT2D eigenvalue weighted by Crippen LogP contribution is -2.36. The Kier molecular flexibility index (Phi) is 4.07. The van der Waals surface area contributed by atoms with Crippen molar-refractivity contribution < 1.29 is 15.3 Å². The Labute approximate surface area is 175 Å². The summed E-state index contributed by atoms with van der Waals surface area (Å²) >= 11 is 0. The lowest BCUT2D eigenvalue weighted by molar-refractivity contribution is 0.440. The molecule has 0 saturated heterocycles. The van der Waals surface area contributed by atoms with Crippen molar-refractivity contribution in [3.05, 3.63) is 124 Å². The summed E-state index contributed by atoms with van der Waals surface area (Å²) in [5.41, 5.74) is 5.02. The van der Waals surface area contributed by atoms with E-state index in [1.165, 1.54) is 0 Å². The molecule has 0 aromatic heterocycles. The van der Waals surface area contributed by atoms with E-state index in [1.807, 2.05) is 49.4 Å². The number of hydrogen-bond acceptors (Lipinski definition) is 3. The molecule has 1 aliphatic rings. The predicted molar refractivity (Wildman–Crippen MR) is 117 cm³/mol. The fourth-order valence-electron chi connectivity index (χ4n) is 5.00. The highest BCUT2D eigenvalue weighted by molar-refractivity contribution is 5.72. The predicted octanol–water partition coefficient (Wildman–Crippen LogP) is 5.40. The summed E-state index contributed by atoms with van der Waals surface area (Å²) in [7, 11) is 0. The highest BCUT2D eigenvalue weighted by Gasteiger charge is 2.47. The maximum atomic E-state index is 11.0. The van der Waals surface area contributed by atoms with E-state index in [2.05, 4.69) is 12.1 Å². The zero-order chi connectivity index (χ0) is 20.9. The third-order valence-corrected chi connectivity index (χ3v) is 6.18. The second-order valence-corrected chi connectivity index (χ2v) is 7.93. The maximum Gasteiger partial charge on any atom is 0.120 e.